The van der Waals surface area contributed by atoms with Gasteiger partial charge < -0.3 is 9.13 Å². The summed E-state index contributed by atoms with van der Waals surface area (Å²) in [6.45, 7) is 8.01. The van der Waals surface area contributed by atoms with E-state index in [1.165, 1.54) is 10.8 Å². The van der Waals surface area contributed by atoms with E-state index in [0.29, 0.717) is 16.8 Å². The third kappa shape index (κ3) is 4.38. The smallest absolute Gasteiger partial charge is 0.211 e. The SMILES string of the molecule is [C-]#[N+]c1cccc2c3cc(C#N)ccc3n(-c3ccc(C#N)cc3-c3cccc(-c4cccc(-n5c6ccccc6c6ccccc65)c4)c3)c12. The van der Waals surface area contributed by atoms with Crippen molar-refractivity contribution in [2.75, 3.05) is 0 Å². The van der Waals surface area contributed by atoms with Gasteiger partial charge in [-0.2, -0.15) is 10.5 Å². The molecule has 5 nitrogen and oxygen atoms in total. The third-order valence-corrected chi connectivity index (χ3v) is 9.57. The van der Waals surface area contributed by atoms with Crippen molar-refractivity contribution in [2.45, 2.75) is 0 Å². The number of hydrogen-bond acceptors (Lipinski definition) is 2. The van der Waals surface area contributed by atoms with Crippen LogP contribution in [0.4, 0.5) is 5.69 Å². The summed E-state index contributed by atoms with van der Waals surface area (Å²) in [6.07, 6.45) is 0. The Hall–Kier alpha value is -7.39. The molecule has 7 aromatic carbocycles. The lowest BCUT2D eigenvalue weighted by Crippen LogP contribution is -1.98. The van der Waals surface area contributed by atoms with Crippen molar-refractivity contribution < 1.29 is 0 Å². The zero-order valence-electron chi connectivity index (χ0n) is 26.7. The summed E-state index contributed by atoms with van der Waals surface area (Å²) < 4.78 is 4.42. The van der Waals surface area contributed by atoms with Crippen LogP contribution in [0.1, 0.15) is 11.1 Å². The van der Waals surface area contributed by atoms with Gasteiger partial charge in [0.2, 0.25) is 5.69 Å². The highest BCUT2D eigenvalue weighted by atomic mass is 15.0. The number of hydrogen-bond donors (Lipinski definition) is 0. The van der Waals surface area contributed by atoms with Gasteiger partial charge in [-0.15, -0.1) is 0 Å². The summed E-state index contributed by atoms with van der Waals surface area (Å²) in [5.74, 6) is 0. The average Bonchev–Trinajstić information content (AvgIpc) is 3.70. The Kier molecular flexibility index (Phi) is 6.56. The fourth-order valence-electron chi connectivity index (χ4n) is 7.38. The van der Waals surface area contributed by atoms with Crippen molar-refractivity contribution in [1.29, 1.82) is 10.5 Å². The molecule has 0 fully saturated rings. The van der Waals surface area contributed by atoms with Crippen molar-refractivity contribution in [3.63, 3.8) is 0 Å². The molecule has 0 aliphatic heterocycles. The molecule has 0 atom stereocenters. The Morgan fingerprint density at radius 1 is 0.480 bits per heavy atom. The normalized spacial score (nSPS) is 11.1. The molecule has 0 amide bonds. The van der Waals surface area contributed by atoms with E-state index in [2.05, 4.69) is 123 Å². The predicted octanol–water partition coefficient (Wildman–Crippen LogP) is 11.5. The van der Waals surface area contributed by atoms with E-state index in [9.17, 15) is 10.5 Å². The molecule has 0 bridgehead atoms. The van der Waals surface area contributed by atoms with Crippen LogP contribution in [0.5, 0.6) is 0 Å². The quantitative estimate of drug-likeness (QED) is 0.181. The largest absolute Gasteiger partial charge is 0.318 e. The molecule has 0 N–H and O–H groups in total. The lowest BCUT2D eigenvalue weighted by Gasteiger charge is -2.16. The van der Waals surface area contributed by atoms with Gasteiger partial charge in [0.15, 0.2) is 0 Å². The molecule has 9 rings (SSSR count). The molecule has 0 saturated carbocycles. The minimum Gasteiger partial charge on any atom is -0.318 e. The zero-order chi connectivity index (χ0) is 33.8. The molecule has 0 aliphatic carbocycles. The number of para-hydroxylation sites is 3. The highest BCUT2D eigenvalue weighted by Crippen LogP contribution is 2.41. The fraction of sp³-hybridized carbons (Fsp3) is 0. The highest BCUT2D eigenvalue weighted by Gasteiger charge is 2.20. The number of fused-ring (bicyclic) bond motifs is 6. The van der Waals surface area contributed by atoms with Gasteiger partial charge >= 0.3 is 0 Å². The molecule has 50 heavy (non-hydrogen) atoms. The summed E-state index contributed by atoms with van der Waals surface area (Å²) >= 11 is 0. The second-order valence-corrected chi connectivity index (χ2v) is 12.3. The molecular weight excluding hydrogens is 611 g/mol. The van der Waals surface area contributed by atoms with Gasteiger partial charge in [0.1, 0.15) is 0 Å². The van der Waals surface area contributed by atoms with Crippen LogP contribution in [0.3, 0.4) is 0 Å². The summed E-state index contributed by atoms with van der Waals surface area (Å²) in [6, 6.07) is 55.7. The van der Waals surface area contributed by atoms with Crippen LogP contribution in [-0.2, 0) is 0 Å². The Morgan fingerprint density at radius 3 is 1.82 bits per heavy atom. The summed E-state index contributed by atoms with van der Waals surface area (Å²) in [4.78, 5) is 3.89. The number of nitriles is 2. The number of rotatable bonds is 4. The van der Waals surface area contributed by atoms with Gasteiger partial charge in [0.05, 0.1) is 57.6 Å². The second-order valence-electron chi connectivity index (χ2n) is 12.3. The maximum absolute atomic E-state index is 9.99. The first-order chi connectivity index (χ1) is 24.7. The standard InChI is InChI=1S/C45H25N5/c1-48-40-16-8-15-37-39-24-30(28-47)20-22-44(39)50(45(37)40)43-21-19-29(27-46)23-38(43)33-11-6-9-31(25-33)32-10-7-12-34(26-32)49-41-17-4-2-13-35(41)36-14-3-5-18-42(36)49/h2-26H. The molecular formula is C45H25N5. The molecule has 0 radical (unpaired) electrons. The topological polar surface area (TPSA) is 61.8 Å². The highest BCUT2D eigenvalue weighted by molar-refractivity contribution is 6.14. The number of aromatic nitrogens is 2. The van der Waals surface area contributed by atoms with Crippen LogP contribution in [0.25, 0.3) is 82.1 Å². The minimum absolute atomic E-state index is 0.517. The molecule has 9 aromatic rings. The van der Waals surface area contributed by atoms with E-state index in [1.54, 1.807) is 0 Å². The van der Waals surface area contributed by atoms with E-state index in [1.807, 2.05) is 54.6 Å². The number of benzene rings is 7. The lowest BCUT2D eigenvalue weighted by molar-refractivity contribution is 1.18. The zero-order valence-corrected chi connectivity index (χ0v) is 26.7. The van der Waals surface area contributed by atoms with Crippen LogP contribution in [0, 0.1) is 29.2 Å². The van der Waals surface area contributed by atoms with Gasteiger partial charge in [-0.3, -0.25) is 0 Å². The van der Waals surface area contributed by atoms with E-state index in [0.717, 1.165) is 66.5 Å². The lowest BCUT2D eigenvalue weighted by atomic mass is 9.96. The van der Waals surface area contributed by atoms with Crippen molar-refractivity contribution in [3.8, 4) is 45.8 Å². The molecule has 0 spiro atoms. The van der Waals surface area contributed by atoms with Crippen LogP contribution < -0.4 is 0 Å². The minimum atomic E-state index is 0.517. The summed E-state index contributed by atoms with van der Waals surface area (Å²) in [7, 11) is 0. The van der Waals surface area contributed by atoms with Gasteiger partial charge in [-0.1, -0.05) is 84.9 Å². The molecule has 5 heteroatoms. The molecule has 0 saturated heterocycles. The molecule has 230 valence electrons. The van der Waals surface area contributed by atoms with Crippen molar-refractivity contribution >= 4 is 49.3 Å². The predicted molar refractivity (Wildman–Crippen MR) is 202 cm³/mol. The third-order valence-electron chi connectivity index (χ3n) is 9.57. The van der Waals surface area contributed by atoms with Crippen LogP contribution in [0.2, 0.25) is 0 Å². The van der Waals surface area contributed by atoms with Crippen molar-refractivity contribution in [2.24, 2.45) is 0 Å². The van der Waals surface area contributed by atoms with Crippen molar-refractivity contribution in [1.82, 2.24) is 9.13 Å². The first kappa shape index (κ1) is 28.8. The summed E-state index contributed by atoms with van der Waals surface area (Å²) in [5, 5.41) is 23.9. The van der Waals surface area contributed by atoms with Gasteiger partial charge in [-0.25, -0.2) is 4.85 Å². The maximum atomic E-state index is 9.99. The fourth-order valence-corrected chi connectivity index (χ4v) is 7.38. The van der Waals surface area contributed by atoms with Crippen LogP contribution in [-0.4, -0.2) is 9.13 Å². The second kappa shape index (κ2) is 11.4. The first-order valence-corrected chi connectivity index (χ1v) is 16.3. The van der Waals surface area contributed by atoms with E-state index in [-0.39, 0.29) is 0 Å². The Morgan fingerprint density at radius 2 is 1.08 bits per heavy atom. The van der Waals surface area contributed by atoms with Gasteiger partial charge in [0, 0.05) is 27.4 Å². The van der Waals surface area contributed by atoms with Crippen molar-refractivity contribution in [3.05, 3.63) is 174 Å². The van der Waals surface area contributed by atoms with E-state index < -0.39 is 0 Å². The maximum Gasteiger partial charge on any atom is 0.211 e. The van der Waals surface area contributed by atoms with Gasteiger partial charge in [0.25, 0.3) is 0 Å². The van der Waals surface area contributed by atoms with E-state index >= 15 is 0 Å². The Labute approximate surface area is 288 Å². The average molecular weight is 636 g/mol. The first-order valence-electron chi connectivity index (χ1n) is 16.3. The molecule has 0 aliphatic rings. The Balaban J connectivity index is 1.25. The van der Waals surface area contributed by atoms with Crippen LogP contribution >= 0.6 is 0 Å². The monoisotopic (exact) mass is 635 g/mol. The molecule has 0 unspecified atom stereocenters. The van der Waals surface area contributed by atoms with Gasteiger partial charge in [-0.05, 0) is 88.8 Å². The van der Waals surface area contributed by atoms with Crippen LogP contribution in [0.15, 0.2) is 152 Å². The molecule has 2 aromatic heterocycles. The summed E-state index contributed by atoms with van der Waals surface area (Å²) in [5.41, 5.74) is 11.4. The molecule has 2 heterocycles. The van der Waals surface area contributed by atoms with E-state index in [4.69, 9.17) is 6.57 Å². The number of nitrogens with zero attached hydrogens (tertiary/aromatic N) is 5. The Bertz CT molecular complexity index is 2920.